The minimum absolute atomic E-state index is 0.0413. The van der Waals surface area contributed by atoms with Crippen LogP contribution in [0.4, 0.5) is 10.1 Å². The summed E-state index contributed by atoms with van der Waals surface area (Å²) in [5, 5.41) is 15.4. The zero-order valence-corrected chi connectivity index (χ0v) is 11.8. The number of amides is 1. The Bertz CT molecular complexity index is 438. The number of methoxy groups -OCH3 is 1. The molecule has 1 amide bonds. The van der Waals surface area contributed by atoms with Crippen LogP contribution < -0.4 is 10.6 Å². The first-order valence-electron chi connectivity index (χ1n) is 6.40. The van der Waals surface area contributed by atoms with Crippen molar-refractivity contribution in [3.63, 3.8) is 0 Å². The number of benzene rings is 1. The third-order valence-electron chi connectivity index (χ3n) is 2.74. The molecule has 1 atom stereocenters. The van der Waals surface area contributed by atoms with Gasteiger partial charge in [-0.15, -0.1) is 0 Å². The van der Waals surface area contributed by atoms with Gasteiger partial charge in [0.1, 0.15) is 5.82 Å². The molecule has 0 spiro atoms. The number of hydrogen-bond donors (Lipinski definition) is 3. The Morgan fingerprint density at radius 2 is 2.25 bits per heavy atom. The van der Waals surface area contributed by atoms with Crippen LogP contribution in [-0.2, 0) is 9.53 Å². The van der Waals surface area contributed by atoms with Crippen molar-refractivity contribution >= 4 is 11.6 Å². The van der Waals surface area contributed by atoms with Crippen molar-refractivity contribution in [3.8, 4) is 0 Å². The molecule has 0 radical (unpaired) electrons. The molecule has 0 saturated carbocycles. The van der Waals surface area contributed by atoms with Crippen LogP contribution in [0.25, 0.3) is 0 Å². The average Bonchev–Trinajstić information content (AvgIpc) is 2.36. The molecule has 0 aliphatic carbocycles. The van der Waals surface area contributed by atoms with Gasteiger partial charge in [0.15, 0.2) is 0 Å². The first-order chi connectivity index (χ1) is 9.43. The summed E-state index contributed by atoms with van der Waals surface area (Å²) in [5.41, 5.74) is -0.530. The number of aliphatic hydroxyl groups is 1. The van der Waals surface area contributed by atoms with Crippen LogP contribution in [0.5, 0.6) is 0 Å². The van der Waals surface area contributed by atoms with Crippen molar-refractivity contribution in [2.45, 2.75) is 18.9 Å². The Morgan fingerprint density at radius 1 is 1.50 bits per heavy atom. The van der Waals surface area contributed by atoms with Gasteiger partial charge >= 0.3 is 0 Å². The molecule has 0 heterocycles. The highest BCUT2D eigenvalue weighted by Crippen LogP contribution is 2.09. The Labute approximate surface area is 118 Å². The maximum Gasteiger partial charge on any atom is 0.238 e. The largest absolute Gasteiger partial charge is 0.389 e. The SMILES string of the molecule is COCCC(C)(O)CNCC(=O)Nc1cccc(F)c1. The lowest BCUT2D eigenvalue weighted by molar-refractivity contribution is -0.115. The summed E-state index contributed by atoms with van der Waals surface area (Å²) in [7, 11) is 1.57. The minimum Gasteiger partial charge on any atom is -0.389 e. The summed E-state index contributed by atoms with van der Waals surface area (Å²) in [6.07, 6.45) is 0.474. The summed E-state index contributed by atoms with van der Waals surface area (Å²) in [6, 6.07) is 5.68. The number of rotatable bonds is 8. The smallest absolute Gasteiger partial charge is 0.238 e. The number of hydrogen-bond acceptors (Lipinski definition) is 4. The van der Waals surface area contributed by atoms with Crippen molar-refractivity contribution in [2.24, 2.45) is 0 Å². The molecule has 3 N–H and O–H groups in total. The van der Waals surface area contributed by atoms with E-state index in [0.29, 0.717) is 18.7 Å². The number of halogens is 1. The van der Waals surface area contributed by atoms with Gasteiger partial charge in [0.05, 0.1) is 12.1 Å². The zero-order valence-electron chi connectivity index (χ0n) is 11.8. The van der Waals surface area contributed by atoms with Crippen LogP contribution in [0.15, 0.2) is 24.3 Å². The number of nitrogens with one attached hydrogen (secondary N) is 2. The number of carbonyl (C=O) groups is 1. The molecular weight excluding hydrogens is 263 g/mol. The monoisotopic (exact) mass is 284 g/mol. The van der Waals surface area contributed by atoms with E-state index < -0.39 is 11.4 Å². The second kappa shape index (κ2) is 7.94. The predicted octanol–water partition coefficient (Wildman–Crippen LogP) is 1.14. The van der Waals surface area contributed by atoms with Crippen molar-refractivity contribution in [1.82, 2.24) is 5.32 Å². The lowest BCUT2D eigenvalue weighted by Crippen LogP contribution is -2.41. The van der Waals surface area contributed by atoms with Crippen LogP contribution in [0.1, 0.15) is 13.3 Å². The van der Waals surface area contributed by atoms with Crippen LogP contribution in [-0.4, -0.2) is 43.4 Å². The molecule has 0 aliphatic rings. The second-order valence-electron chi connectivity index (χ2n) is 4.90. The van der Waals surface area contributed by atoms with Crippen molar-refractivity contribution in [3.05, 3.63) is 30.1 Å². The van der Waals surface area contributed by atoms with Gasteiger partial charge in [0, 0.05) is 32.4 Å². The zero-order chi connectivity index (χ0) is 15.0. The maximum atomic E-state index is 12.9. The number of ether oxygens (including phenoxy) is 1. The fourth-order valence-corrected chi connectivity index (χ4v) is 1.63. The molecular formula is C14H21FN2O3. The van der Waals surface area contributed by atoms with E-state index in [4.69, 9.17) is 4.74 Å². The molecule has 0 bridgehead atoms. The van der Waals surface area contributed by atoms with Gasteiger partial charge in [0.2, 0.25) is 5.91 Å². The quantitative estimate of drug-likeness (QED) is 0.669. The Balaban J connectivity index is 2.30. The van der Waals surface area contributed by atoms with Gasteiger partial charge in [-0.25, -0.2) is 4.39 Å². The Morgan fingerprint density at radius 3 is 2.90 bits per heavy atom. The van der Waals surface area contributed by atoms with E-state index in [1.807, 2.05) is 0 Å². The molecule has 20 heavy (non-hydrogen) atoms. The van der Waals surface area contributed by atoms with Crippen LogP contribution >= 0.6 is 0 Å². The second-order valence-corrected chi connectivity index (χ2v) is 4.90. The van der Waals surface area contributed by atoms with Gasteiger partial charge in [-0.2, -0.15) is 0 Å². The molecule has 1 aromatic rings. The van der Waals surface area contributed by atoms with E-state index in [0.717, 1.165) is 0 Å². The van der Waals surface area contributed by atoms with Gasteiger partial charge in [0.25, 0.3) is 0 Å². The van der Waals surface area contributed by atoms with E-state index in [-0.39, 0.29) is 19.0 Å². The molecule has 1 rings (SSSR count). The first-order valence-corrected chi connectivity index (χ1v) is 6.40. The lowest BCUT2D eigenvalue weighted by Gasteiger charge is -2.23. The highest BCUT2D eigenvalue weighted by molar-refractivity contribution is 5.92. The van der Waals surface area contributed by atoms with Gasteiger partial charge in [-0.1, -0.05) is 6.07 Å². The van der Waals surface area contributed by atoms with Crippen LogP contribution in [0.2, 0.25) is 0 Å². The molecule has 112 valence electrons. The Hall–Kier alpha value is -1.50. The number of anilines is 1. The molecule has 0 saturated heterocycles. The molecule has 0 aliphatic heterocycles. The van der Waals surface area contributed by atoms with Gasteiger partial charge in [-0.05, 0) is 25.1 Å². The molecule has 6 heteroatoms. The number of carbonyl (C=O) groups excluding carboxylic acids is 1. The molecule has 0 fully saturated rings. The molecule has 1 unspecified atom stereocenters. The van der Waals surface area contributed by atoms with Crippen molar-refractivity contribution < 1.29 is 19.0 Å². The standard InChI is InChI=1S/C14H21FN2O3/c1-14(19,6-7-20-2)10-16-9-13(18)17-12-5-3-4-11(15)8-12/h3-5,8,16,19H,6-7,9-10H2,1-2H3,(H,17,18). The van der Waals surface area contributed by atoms with E-state index in [1.165, 1.54) is 18.2 Å². The minimum atomic E-state index is -0.935. The fraction of sp³-hybridized carbons (Fsp3) is 0.500. The maximum absolute atomic E-state index is 12.9. The predicted molar refractivity (Wildman–Crippen MR) is 75.0 cm³/mol. The topological polar surface area (TPSA) is 70.6 Å². The molecule has 0 aromatic heterocycles. The van der Waals surface area contributed by atoms with E-state index in [1.54, 1.807) is 20.1 Å². The van der Waals surface area contributed by atoms with Crippen LogP contribution in [0, 0.1) is 5.82 Å². The van der Waals surface area contributed by atoms with Gasteiger partial charge in [-0.3, -0.25) is 4.79 Å². The average molecular weight is 284 g/mol. The highest BCUT2D eigenvalue weighted by atomic mass is 19.1. The normalized spacial score (nSPS) is 13.8. The Kier molecular flexibility index (Phi) is 6.57. The highest BCUT2D eigenvalue weighted by Gasteiger charge is 2.19. The summed E-state index contributed by atoms with van der Waals surface area (Å²) in [5.74, 6) is -0.698. The summed E-state index contributed by atoms with van der Waals surface area (Å²) in [6.45, 7) is 2.43. The molecule has 1 aromatic carbocycles. The summed E-state index contributed by atoms with van der Waals surface area (Å²) in [4.78, 5) is 11.6. The van der Waals surface area contributed by atoms with Gasteiger partial charge < -0.3 is 20.5 Å². The summed E-state index contributed by atoms with van der Waals surface area (Å²) >= 11 is 0. The van der Waals surface area contributed by atoms with Crippen LogP contribution in [0.3, 0.4) is 0 Å². The fourth-order valence-electron chi connectivity index (χ4n) is 1.63. The first kappa shape index (κ1) is 16.6. The summed E-state index contributed by atoms with van der Waals surface area (Å²) < 4.78 is 17.8. The van der Waals surface area contributed by atoms with Crippen molar-refractivity contribution in [1.29, 1.82) is 0 Å². The van der Waals surface area contributed by atoms with E-state index in [2.05, 4.69) is 10.6 Å². The van der Waals surface area contributed by atoms with Crippen molar-refractivity contribution in [2.75, 3.05) is 32.1 Å². The lowest BCUT2D eigenvalue weighted by atomic mass is 10.0. The van der Waals surface area contributed by atoms with E-state index in [9.17, 15) is 14.3 Å². The third-order valence-corrected chi connectivity index (χ3v) is 2.74. The molecule has 5 nitrogen and oxygen atoms in total. The van der Waals surface area contributed by atoms with E-state index >= 15 is 0 Å². The third kappa shape index (κ3) is 6.60.